The van der Waals surface area contributed by atoms with Crippen LogP contribution in [0.15, 0.2) is 24.5 Å². The molecule has 20 heavy (non-hydrogen) atoms. The molecule has 1 heterocycles. The van der Waals surface area contributed by atoms with E-state index < -0.39 is 0 Å². The number of rotatable bonds is 5. The zero-order valence-corrected chi connectivity index (χ0v) is 11.7. The van der Waals surface area contributed by atoms with Crippen LogP contribution in [0, 0.1) is 0 Å². The molecule has 0 radical (unpaired) electrons. The number of fused-ring (bicyclic) bond motifs is 1. The fourth-order valence-electron chi connectivity index (χ4n) is 2.66. The highest BCUT2D eigenvalue weighted by molar-refractivity contribution is 5.40. The first kappa shape index (κ1) is 13.1. The van der Waals surface area contributed by atoms with E-state index in [1.807, 2.05) is 10.7 Å². The Labute approximate surface area is 118 Å². The average Bonchev–Trinajstić information content (AvgIpc) is 3.04. The molecule has 1 unspecified atom stereocenters. The Kier molecular flexibility index (Phi) is 3.69. The van der Waals surface area contributed by atoms with Crippen LogP contribution < -0.4 is 10.5 Å². The molecular weight excluding hydrogens is 252 g/mol. The Balaban J connectivity index is 1.68. The van der Waals surface area contributed by atoms with Crippen LogP contribution in [0.2, 0.25) is 0 Å². The third-order valence-electron chi connectivity index (χ3n) is 3.74. The maximum Gasteiger partial charge on any atom is 0.164 e. The first-order valence-electron chi connectivity index (χ1n) is 7.16. The smallest absolute Gasteiger partial charge is 0.164 e. The van der Waals surface area contributed by atoms with E-state index in [9.17, 15) is 0 Å². The summed E-state index contributed by atoms with van der Waals surface area (Å²) in [5.41, 5.74) is 8.60. The van der Waals surface area contributed by atoms with E-state index in [1.54, 1.807) is 6.33 Å². The van der Waals surface area contributed by atoms with Gasteiger partial charge in [0.2, 0.25) is 0 Å². The minimum atomic E-state index is 0.187. The second kappa shape index (κ2) is 5.63. The Morgan fingerprint density at radius 2 is 2.35 bits per heavy atom. The van der Waals surface area contributed by atoms with Gasteiger partial charge in [0.05, 0.1) is 0 Å². The summed E-state index contributed by atoms with van der Waals surface area (Å²) in [6.45, 7) is 3.44. The minimum Gasteiger partial charge on any atom is -0.486 e. The summed E-state index contributed by atoms with van der Waals surface area (Å²) in [6, 6.07) is 6.36. The number of aromatic nitrogens is 3. The number of ether oxygens (including phenoxy) is 1. The number of aryl methyl sites for hydroxylation is 2. The van der Waals surface area contributed by atoms with Gasteiger partial charge >= 0.3 is 0 Å². The molecule has 1 aliphatic carbocycles. The Morgan fingerprint density at radius 1 is 1.45 bits per heavy atom. The predicted octanol–water partition coefficient (Wildman–Crippen LogP) is 2.21. The second-order valence-corrected chi connectivity index (χ2v) is 5.19. The van der Waals surface area contributed by atoms with Gasteiger partial charge < -0.3 is 10.5 Å². The van der Waals surface area contributed by atoms with Gasteiger partial charge in [-0.05, 0) is 42.5 Å². The summed E-state index contributed by atoms with van der Waals surface area (Å²) in [6.07, 6.45) is 4.69. The molecule has 0 fully saturated rings. The summed E-state index contributed by atoms with van der Waals surface area (Å²) in [5, 5.41) is 4.20. The first-order valence-corrected chi connectivity index (χ1v) is 7.16. The van der Waals surface area contributed by atoms with Crippen LogP contribution in [-0.2, 0) is 19.6 Å². The van der Waals surface area contributed by atoms with E-state index in [4.69, 9.17) is 10.5 Å². The highest BCUT2D eigenvalue weighted by atomic mass is 16.5. The standard InChI is InChI=1S/C15H20N4O/c1-2-7-19-15(17-10-18-19)9-20-12-4-5-13-11(8-12)3-6-14(13)16/h4-5,8,10,14H,2-3,6-7,9,16H2,1H3. The van der Waals surface area contributed by atoms with Crippen molar-refractivity contribution < 1.29 is 4.74 Å². The molecule has 2 aromatic rings. The van der Waals surface area contributed by atoms with Crippen LogP contribution in [0.3, 0.4) is 0 Å². The molecule has 3 rings (SSSR count). The monoisotopic (exact) mass is 272 g/mol. The third kappa shape index (κ3) is 2.54. The van der Waals surface area contributed by atoms with Crippen LogP contribution in [-0.4, -0.2) is 14.8 Å². The molecule has 1 atom stereocenters. The lowest BCUT2D eigenvalue weighted by Crippen LogP contribution is -2.08. The van der Waals surface area contributed by atoms with E-state index in [-0.39, 0.29) is 6.04 Å². The quantitative estimate of drug-likeness (QED) is 0.906. The Morgan fingerprint density at radius 3 is 3.20 bits per heavy atom. The molecule has 1 aromatic heterocycles. The SMILES string of the molecule is CCCn1ncnc1COc1ccc2c(c1)CCC2N. The molecule has 5 heteroatoms. The molecule has 2 N–H and O–H groups in total. The highest BCUT2D eigenvalue weighted by Gasteiger charge is 2.19. The number of hydrogen-bond acceptors (Lipinski definition) is 4. The van der Waals surface area contributed by atoms with E-state index in [0.717, 1.165) is 37.4 Å². The van der Waals surface area contributed by atoms with Crippen molar-refractivity contribution in [3.63, 3.8) is 0 Å². The summed E-state index contributed by atoms with van der Waals surface area (Å²) >= 11 is 0. The van der Waals surface area contributed by atoms with Gasteiger partial charge in [0.15, 0.2) is 5.82 Å². The van der Waals surface area contributed by atoms with Crippen molar-refractivity contribution in [3.05, 3.63) is 41.5 Å². The Bertz CT molecular complexity index is 593. The summed E-state index contributed by atoms with van der Waals surface area (Å²) in [4.78, 5) is 4.24. The number of nitrogens with zero attached hydrogens (tertiary/aromatic N) is 3. The molecule has 1 aromatic carbocycles. The summed E-state index contributed by atoms with van der Waals surface area (Å²) in [5.74, 6) is 1.74. The molecule has 0 saturated heterocycles. The van der Waals surface area contributed by atoms with Crippen molar-refractivity contribution in [1.82, 2.24) is 14.8 Å². The lowest BCUT2D eigenvalue weighted by Gasteiger charge is -2.09. The zero-order valence-electron chi connectivity index (χ0n) is 11.7. The average molecular weight is 272 g/mol. The van der Waals surface area contributed by atoms with Crippen molar-refractivity contribution in [3.8, 4) is 5.75 Å². The summed E-state index contributed by atoms with van der Waals surface area (Å²) in [7, 11) is 0. The van der Waals surface area contributed by atoms with Crippen molar-refractivity contribution in [2.75, 3.05) is 0 Å². The van der Waals surface area contributed by atoms with E-state index in [2.05, 4.69) is 29.1 Å². The van der Waals surface area contributed by atoms with Gasteiger partial charge in [0.25, 0.3) is 0 Å². The van der Waals surface area contributed by atoms with Gasteiger partial charge in [-0.2, -0.15) is 5.10 Å². The third-order valence-corrected chi connectivity index (χ3v) is 3.74. The molecule has 0 saturated carbocycles. The first-order chi connectivity index (χ1) is 9.78. The van der Waals surface area contributed by atoms with Gasteiger partial charge in [0, 0.05) is 12.6 Å². The second-order valence-electron chi connectivity index (χ2n) is 5.19. The molecule has 106 valence electrons. The van der Waals surface area contributed by atoms with Crippen LogP contribution in [0.1, 0.15) is 42.8 Å². The van der Waals surface area contributed by atoms with Crippen LogP contribution in [0.5, 0.6) is 5.75 Å². The maximum atomic E-state index is 6.04. The van der Waals surface area contributed by atoms with Crippen LogP contribution in [0.4, 0.5) is 0 Å². The van der Waals surface area contributed by atoms with Crippen molar-refractivity contribution in [1.29, 1.82) is 0 Å². The lowest BCUT2D eigenvalue weighted by molar-refractivity contribution is 0.286. The predicted molar refractivity (Wildman–Crippen MR) is 76.3 cm³/mol. The molecule has 0 amide bonds. The number of nitrogens with two attached hydrogens (primary N) is 1. The van der Waals surface area contributed by atoms with E-state index in [1.165, 1.54) is 11.1 Å². The summed E-state index contributed by atoms with van der Waals surface area (Å²) < 4.78 is 7.73. The fraction of sp³-hybridized carbons (Fsp3) is 0.467. The van der Waals surface area contributed by atoms with Gasteiger partial charge in [-0.25, -0.2) is 9.67 Å². The van der Waals surface area contributed by atoms with Crippen molar-refractivity contribution >= 4 is 0 Å². The highest BCUT2D eigenvalue weighted by Crippen LogP contribution is 2.31. The van der Waals surface area contributed by atoms with Gasteiger partial charge in [0.1, 0.15) is 18.7 Å². The lowest BCUT2D eigenvalue weighted by atomic mass is 10.1. The molecule has 0 spiro atoms. The van der Waals surface area contributed by atoms with Crippen LogP contribution in [0.25, 0.3) is 0 Å². The topological polar surface area (TPSA) is 66.0 Å². The molecule has 0 bridgehead atoms. The largest absolute Gasteiger partial charge is 0.486 e. The number of benzene rings is 1. The minimum absolute atomic E-state index is 0.187. The normalized spacial score (nSPS) is 17.2. The Hall–Kier alpha value is -1.88. The molecule has 1 aliphatic rings. The zero-order chi connectivity index (χ0) is 13.9. The van der Waals surface area contributed by atoms with Gasteiger partial charge in [-0.15, -0.1) is 0 Å². The number of hydrogen-bond donors (Lipinski definition) is 1. The van der Waals surface area contributed by atoms with Crippen LogP contribution >= 0.6 is 0 Å². The van der Waals surface area contributed by atoms with Gasteiger partial charge in [-0.1, -0.05) is 13.0 Å². The van der Waals surface area contributed by atoms with Gasteiger partial charge in [-0.3, -0.25) is 0 Å². The van der Waals surface area contributed by atoms with E-state index in [0.29, 0.717) is 6.61 Å². The fourth-order valence-corrected chi connectivity index (χ4v) is 2.66. The molecule has 0 aliphatic heterocycles. The van der Waals surface area contributed by atoms with Crippen molar-refractivity contribution in [2.24, 2.45) is 5.73 Å². The van der Waals surface area contributed by atoms with E-state index >= 15 is 0 Å². The van der Waals surface area contributed by atoms with Crippen molar-refractivity contribution in [2.45, 2.75) is 45.4 Å². The maximum absolute atomic E-state index is 6.04. The molecular formula is C15H20N4O. The molecule has 5 nitrogen and oxygen atoms in total.